The second-order valence-corrected chi connectivity index (χ2v) is 5.15. The second kappa shape index (κ2) is 4.32. The Hall–Kier alpha value is -0.540. The second-order valence-electron chi connectivity index (χ2n) is 3.04. The molecule has 0 fully saturated rings. The maximum Gasteiger partial charge on any atom is 0.122 e. The predicted octanol–water partition coefficient (Wildman–Crippen LogP) is 4.39. The Morgan fingerprint density at radius 2 is 2.29 bits per heavy atom. The highest BCUT2D eigenvalue weighted by molar-refractivity contribution is 9.09. The summed E-state index contributed by atoms with van der Waals surface area (Å²) in [6.45, 7) is 2.17. The molecule has 0 saturated heterocycles. The topological polar surface area (TPSA) is 13.1 Å². The highest BCUT2D eigenvalue weighted by Crippen LogP contribution is 2.35. The Kier molecular flexibility index (Phi) is 3.08. The van der Waals surface area contributed by atoms with Gasteiger partial charge in [-0.3, -0.25) is 0 Å². The number of alkyl halides is 1. The maximum absolute atomic E-state index is 5.35. The van der Waals surface area contributed by atoms with Crippen LogP contribution in [0.1, 0.15) is 27.3 Å². The summed E-state index contributed by atoms with van der Waals surface area (Å²) in [6, 6.07) is 8.24. The zero-order chi connectivity index (χ0) is 9.97. The normalized spacial score (nSPS) is 13.0. The lowest BCUT2D eigenvalue weighted by Crippen LogP contribution is -1.84. The van der Waals surface area contributed by atoms with E-state index in [9.17, 15) is 0 Å². The van der Waals surface area contributed by atoms with Gasteiger partial charge in [0.1, 0.15) is 10.6 Å². The van der Waals surface area contributed by atoms with Gasteiger partial charge in [0.2, 0.25) is 0 Å². The SMILES string of the molecule is CCc1ccc(C(Br)c2ccco2)s1. The third-order valence-corrected chi connectivity index (χ3v) is 4.62. The van der Waals surface area contributed by atoms with Gasteiger partial charge in [-0.2, -0.15) is 0 Å². The van der Waals surface area contributed by atoms with Crippen molar-refractivity contribution in [2.75, 3.05) is 0 Å². The number of rotatable bonds is 3. The third kappa shape index (κ3) is 1.93. The van der Waals surface area contributed by atoms with Gasteiger partial charge in [-0.15, -0.1) is 11.3 Å². The van der Waals surface area contributed by atoms with E-state index in [0.29, 0.717) is 0 Å². The van der Waals surface area contributed by atoms with Crippen LogP contribution in [0.3, 0.4) is 0 Å². The summed E-state index contributed by atoms with van der Waals surface area (Å²) < 4.78 is 5.35. The molecule has 2 rings (SSSR count). The minimum Gasteiger partial charge on any atom is -0.468 e. The molecule has 0 amide bonds. The molecule has 3 heteroatoms. The molecule has 0 N–H and O–H groups in total. The lowest BCUT2D eigenvalue weighted by atomic mass is 10.3. The van der Waals surface area contributed by atoms with Gasteiger partial charge in [0.25, 0.3) is 0 Å². The molecule has 0 bridgehead atoms. The molecule has 1 nitrogen and oxygen atoms in total. The summed E-state index contributed by atoms with van der Waals surface area (Å²) in [5.74, 6) is 0.967. The molecule has 0 radical (unpaired) electrons. The average Bonchev–Trinajstić information content (AvgIpc) is 2.88. The van der Waals surface area contributed by atoms with Crippen molar-refractivity contribution in [3.63, 3.8) is 0 Å². The first-order valence-corrected chi connectivity index (χ1v) is 6.30. The van der Waals surface area contributed by atoms with Crippen LogP contribution in [0.5, 0.6) is 0 Å². The lowest BCUT2D eigenvalue weighted by molar-refractivity contribution is 0.521. The van der Waals surface area contributed by atoms with Crippen molar-refractivity contribution in [3.8, 4) is 0 Å². The van der Waals surface area contributed by atoms with Crippen LogP contribution in [-0.2, 0) is 6.42 Å². The van der Waals surface area contributed by atoms with E-state index in [0.717, 1.165) is 12.2 Å². The fraction of sp³-hybridized carbons (Fsp3) is 0.273. The zero-order valence-electron chi connectivity index (χ0n) is 7.87. The van der Waals surface area contributed by atoms with Crippen molar-refractivity contribution in [1.29, 1.82) is 0 Å². The molecule has 0 aliphatic rings. The largest absolute Gasteiger partial charge is 0.468 e. The smallest absolute Gasteiger partial charge is 0.122 e. The highest BCUT2D eigenvalue weighted by Gasteiger charge is 2.14. The van der Waals surface area contributed by atoms with Gasteiger partial charge in [0, 0.05) is 9.75 Å². The first-order chi connectivity index (χ1) is 6.81. The molecule has 14 heavy (non-hydrogen) atoms. The van der Waals surface area contributed by atoms with E-state index < -0.39 is 0 Å². The van der Waals surface area contributed by atoms with Crippen LogP contribution in [0.25, 0.3) is 0 Å². The molecule has 1 unspecified atom stereocenters. The highest BCUT2D eigenvalue weighted by atomic mass is 79.9. The van der Waals surface area contributed by atoms with Crippen LogP contribution in [0.4, 0.5) is 0 Å². The molecule has 2 aromatic heterocycles. The molecule has 2 heterocycles. The van der Waals surface area contributed by atoms with E-state index in [-0.39, 0.29) is 4.83 Å². The van der Waals surface area contributed by atoms with Crippen LogP contribution in [0.15, 0.2) is 34.9 Å². The Bertz CT molecular complexity index is 391. The molecule has 0 aliphatic carbocycles. The van der Waals surface area contributed by atoms with Crippen molar-refractivity contribution in [2.45, 2.75) is 18.2 Å². The number of hydrogen-bond acceptors (Lipinski definition) is 2. The third-order valence-electron chi connectivity index (χ3n) is 2.07. The van der Waals surface area contributed by atoms with E-state index in [1.807, 2.05) is 23.5 Å². The molecular weight excluding hydrogens is 260 g/mol. The van der Waals surface area contributed by atoms with E-state index in [1.54, 1.807) is 6.26 Å². The minimum atomic E-state index is 0.197. The van der Waals surface area contributed by atoms with Crippen molar-refractivity contribution < 1.29 is 4.42 Å². The molecular formula is C11H11BrOS. The van der Waals surface area contributed by atoms with Crippen molar-refractivity contribution in [3.05, 3.63) is 46.0 Å². The van der Waals surface area contributed by atoms with Gasteiger partial charge >= 0.3 is 0 Å². The molecule has 74 valence electrons. The van der Waals surface area contributed by atoms with E-state index in [4.69, 9.17) is 4.42 Å². The summed E-state index contributed by atoms with van der Waals surface area (Å²) in [6.07, 6.45) is 2.81. The molecule has 0 aromatic carbocycles. The van der Waals surface area contributed by atoms with Crippen molar-refractivity contribution in [2.24, 2.45) is 0 Å². The standard InChI is InChI=1S/C11H11BrOS/c1-2-8-5-6-10(14-8)11(12)9-4-3-7-13-9/h3-7,11H,2H2,1H3. The molecule has 0 saturated carbocycles. The minimum absolute atomic E-state index is 0.197. The Morgan fingerprint density at radius 1 is 1.43 bits per heavy atom. The maximum atomic E-state index is 5.35. The molecule has 1 atom stereocenters. The van der Waals surface area contributed by atoms with Gasteiger partial charge < -0.3 is 4.42 Å². The van der Waals surface area contributed by atoms with Crippen LogP contribution in [0, 0.1) is 0 Å². The fourth-order valence-electron chi connectivity index (χ4n) is 1.30. The van der Waals surface area contributed by atoms with Gasteiger partial charge in [-0.05, 0) is 30.7 Å². The average molecular weight is 271 g/mol. The van der Waals surface area contributed by atoms with Crippen molar-refractivity contribution >= 4 is 27.3 Å². The van der Waals surface area contributed by atoms with E-state index >= 15 is 0 Å². The molecule has 2 aromatic rings. The molecule has 0 spiro atoms. The zero-order valence-corrected chi connectivity index (χ0v) is 10.3. The number of aryl methyl sites for hydroxylation is 1. The number of halogens is 1. The van der Waals surface area contributed by atoms with Gasteiger partial charge in [0.15, 0.2) is 0 Å². The number of furan rings is 1. The summed E-state index contributed by atoms with van der Waals surface area (Å²) in [7, 11) is 0. The fourth-order valence-corrected chi connectivity index (χ4v) is 2.93. The summed E-state index contributed by atoms with van der Waals surface area (Å²) in [4.78, 5) is 2.91. The van der Waals surface area contributed by atoms with Crippen LogP contribution >= 0.6 is 27.3 Å². The Balaban J connectivity index is 2.23. The summed E-state index contributed by atoms with van der Waals surface area (Å²) in [5.41, 5.74) is 0. The summed E-state index contributed by atoms with van der Waals surface area (Å²) in [5, 5.41) is 0. The Morgan fingerprint density at radius 3 is 2.86 bits per heavy atom. The van der Waals surface area contributed by atoms with Gasteiger partial charge in [-0.1, -0.05) is 22.9 Å². The predicted molar refractivity (Wildman–Crippen MR) is 63.2 cm³/mol. The quantitative estimate of drug-likeness (QED) is 0.755. The van der Waals surface area contributed by atoms with Crippen LogP contribution < -0.4 is 0 Å². The van der Waals surface area contributed by atoms with Crippen molar-refractivity contribution in [1.82, 2.24) is 0 Å². The summed E-state index contributed by atoms with van der Waals surface area (Å²) >= 11 is 5.46. The first-order valence-electron chi connectivity index (χ1n) is 4.57. The Labute approximate surface area is 95.9 Å². The van der Waals surface area contributed by atoms with Gasteiger partial charge in [-0.25, -0.2) is 0 Å². The lowest BCUT2D eigenvalue weighted by Gasteiger charge is -2.02. The molecule has 0 aliphatic heterocycles. The van der Waals surface area contributed by atoms with Crippen LogP contribution in [-0.4, -0.2) is 0 Å². The van der Waals surface area contributed by atoms with Gasteiger partial charge in [0.05, 0.1) is 6.26 Å². The first kappa shape index (κ1) is 9.99. The monoisotopic (exact) mass is 270 g/mol. The van der Waals surface area contributed by atoms with E-state index in [1.165, 1.54) is 9.75 Å². The van der Waals surface area contributed by atoms with E-state index in [2.05, 4.69) is 35.0 Å². The van der Waals surface area contributed by atoms with Crippen LogP contribution in [0.2, 0.25) is 0 Å². The number of thiophene rings is 1. The number of hydrogen-bond donors (Lipinski definition) is 0.